The number of pyridine rings is 1. The van der Waals surface area contributed by atoms with Gasteiger partial charge in [-0.05, 0) is 24.1 Å². The van der Waals surface area contributed by atoms with Gasteiger partial charge in [0.15, 0.2) is 0 Å². The van der Waals surface area contributed by atoms with Gasteiger partial charge in [-0.1, -0.05) is 41.9 Å². The maximum absolute atomic E-state index is 11.7. The summed E-state index contributed by atoms with van der Waals surface area (Å²) in [7, 11) is 0. The first-order chi connectivity index (χ1) is 13.7. The number of nitrogens with one attached hydrogen (secondary N) is 2. The maximum Gasteiger partial charge on any atom is 0.490 e. The maximum atomic E-state index is 11.7. The Labute approximate surface area is 170 Å². The van der Waals surface area contributed by atoms with Crippen molar-refractivity contribution in [2.24, 2.45) is 0 Å². The normalized spacial score (nSPS) is 19.0. The van der Waals surface area contributed by atoms with E-state index in [0.29, 0.717) is 18.0 Å². The molecule has 1 amide bonds. The lowest BCUT2D eigenvalue weighted by Gasteiger charge is -2.33. The lowest BCUT2D eigenvalue weighted by Crippen LogP contribution is -2.48. The smallest absolute Gasteiger partial charge is 0.475 e. The number of nitrogens with zero attached hydrogens (tertiary/aromatic N) is 1. The monoisotopic (exact) mass is 429 g/mol. The standard InChI is InChI=1S/C17H18ClN3O.C2HF3O2/c18-13-6-7-14(19-10-13)11-20-15-8-9-16(22)21-17(15)12-4-2-1-3-5-12;3-2(4,5)1(6)7/h1-7,10,15,17,20H,8-9,11H2,(H,21,22);(H,6,7)/t15-,17+;/m1./s1. The summed E-state index contributed by atoms with van der Waals surface area (Å²) in [5.74, 6) is -2.65. The van der Waals surface area contributed by atoms with Crippen molar-refractivity contribution in [2.45, 2.75) is 37.6 Å². The van der Waals surface area contributed by atoms with Crippen LogP contribution < -0.4 is 10.6 Å². The van der Waals surface area contributed by atoms with Gasteiger partial charge in [-0.2, -0.15) is 13.2 Å². The van der Waals surface area contributed by atoms with Gasteiger partial charge in [0.05, 0.1) is 16.8 Å². The first-order valence-corrected chi connectivity index (χ1v) is 9.03. The fourth-order valence-corrected chi connectivity index (χ4v) is 2.85. The van der Waals surface area contributed by atoms with E-state index in [1.807, 2.05) is 42.5 Å². The van der Waals surface area contributed by atoms with Gasteiger partial charge in [-0.15, -0.1) is 0 Å². The van der Waals surface area contributed by atoms with Crippen molar-refractivity contribution in [3.63, 3.8) is 0 Å². The number of hydrogen-bond donors (Lipinski definition) is 3. The summed E-state index contributed by atoms with van der Waals surface area (Å²) in [5, 5.41) is 14.4. The Bertz CT molecular complexity index is 817. The molecule has 10 heteroatoms. The second-order valence-electron chi connectivity index (χ2n) is 6.25. The average Bonchev–Trinajstić information content (AvgIpc) is 2.68. The Hall–Kier alpha value is -2.65. The summed E-state index contributed by atoms with van der Waals surface area (Å²) in [6, 6.07) is 14.0. The number of aromatic nitrogens is 1. The van der Waals surface area contributed by atoms with E-state index in [1.54, 1.807) is 6.20 Å². The van der Waals surface area contributed by atoms with Gasteiger partial charge in [0.25, 0.3) is 0 Å². The van der Waals surface area contributed by atoms with E-state index in [4.69, 9.17) is 21.5 Å². The lowest BCUT2D eigenvalue weighted by molar-refractivity contribution is -0.192. The molecule has 0 bridgehead atoms. The van der Waals surface area contributed by atoms with E-state index >= 15 is 0 Å². The molecule has 1 saturated heterocycles. The average molecular weight is 430 g/mol. The minimum atomic E-state index is -5.08. The molecule has 2 heterocycles. The molecule has 0 aliphatic carbocycles. The summed E-state index contributed by atoms with van der Waals surface area (Å²) in [6.07, 6.45) is -2.07. The van der Waals surface area contributed by atoms with Gasteiger partial charge >= 0.3 is 12.1 Å². The van der Waals surface area contributed by atoms with Gasteiger partial charge in [0, 0.05) is 25.2 Å². The van der Waals surface area contributed by atoms with Crippen LogP contribution in [0.5, 0.6) is 0 Å². The molecular formula is C19H19ClF3N3O3. The minimum absolute atomic E-state index is 0.00486. The van der Waals surface area contributed by atoms with E-state index in [0.717, 1.165) is 17.7 Å². The minimum Gasteiger partial charge on any atom is -0.475 e. The molecule has 3 rings (SSSR count). The van der Waals surface area contributed by atoms with Crippen LogP contribution in [-0.4, -0.2) is 34.2 Å². The molecule has 1 fully saturated rings. The molecule has 1 aliphatic rings. The third-order valence-corrected chi connectivity index (χ3v) is 4.36. The van der Waals surface area contributed by atoms with Gasteiger partial charge in [0.1, 0.15) is 0 Å². The Kier molecular flexibility index (Phi) is 7.98. The first-order valence-electron chi connectivity index (χ1n) is 8.65. The van der Waals surface area contributed by atoms with Crippen LogP contribution in [0.1, 0.15) is 30.1 Å². The van der Waals surface area contributed by atoms with E-state index < -0.39 is 12.1 Å². The molecular weight excluding hydrogens is 411 g/mol. The van der Waals surface area contributed by atoms with Gasteiger partial charge < -0.3 is 15.7 Å². The Morgan fingerprint density at radius 1 is 1.24 bits per heavy atom. The molecule has 156 valence electrons. The van der Waals surface area contributed by atoms with Crippen molar-refractivity contribution >= 4 is 23.5 Å². The zero-order valence-corrected chi connectivity index (χ0v) is 15.9. The zero-order chi connectivity index (χ0) is 21.4. The molecule has 0 radical (unpaired) electrons. The molecule has 6 nitrogen and oxygen atoms in total. The lowest BCUT2D eigenvalue weighted by atomic mass is 9.92. The molecule has 0 saturated carbocycles. The highest BCUT2D eigenvalue weighted by atomic mass is 35.5. The van der Waals surface area contributed by atoms with E-state index in [1.165, 1.54) is 0 Å². The number of carboxylic acid groups (broad SMARTS) is 1. The second-order valence-corrected chi connectivity index (χ2v) is 6.69. The quantitative estimate of drug-likeness (QED) is 0.692. The Morgan fingerprint density at radius 3 is 2.45 bits per heavy atom. The van der Waals surface area contributed by atoms with E-state index in [-0.39, 0.29) is 18.0 Å². The Morgan fingerprint density at radius 2 is 1.90 bits per heavy atom. The van der Waals surface area contributed by atoms with Crippen molar-refractivity contribution in [3.8, 4) is 0 Å². The van der Waals surface area contributed by atoms with Crippen LogP contribution in [0.3, 0.4) is 0 Å². The van der Waals surface area contributed by atoms with E-state index in [9.17, 15) is 18.0 Å². The predicted octanol–water partition coefficient (Wildman–Crippen LogP) is 3.48. The topological polar surface area (TPSA) is 91.3 Å². The van der Waals surface area contributed by atoms with Crippen LogP contribution in [-0.2, 0) is 16.1 Å². The van der Waals surface area contributed by atoms with Crippen LogP contribution in [0.2, 0.25) is 5.02 Å². The third kappa shape index (κ3) is 7.35. The molecule has 1 aliphatic heterocycles. The van der Waals surface area contributed by atoms with Gasteiger partial charge in [0.2, 0.25) is 5.91 Å². The number of aliphatic carboxylic acids is 1. The number of piperidine rings is 1. The van der Waals surface area contributed by atoms with Crippen molar-refractivity contribution in [1.82, 2.24) is 15.6 Å². The fourth-order valence-electron chi connectivity index (χ4n) is 2.74. The number of carboxylic acids is 1. The predicted molar refractivity (Wildman–Crippen MR) is 100 cm³/mol. The van der Waals surface area contributed by atoms with Crippen LogP contribution in [0.25, 0.3) is 0 Å². The van der Waals surface area contributed by atoms with Crippen LogP contribution in [0.15, 0.2) is 48.7 Å². The number of carbonyl (C=O) groups excluding carboxylic acids is 1. The first kappa shape index (κ1) is 22.6. The third-order valence-electron chi connectivity index (χ3n) is 4.14. The van der Waals surface area contributed by atoms with Crippen LogP contribution >= 0.6 is 11.6 Å². The van der Waals surface area contributed by atoms with Crippen molar-refractivity contribution in [3.05, 3.63) is 64.9 Å². The summed E-state index contributed by atoms with van der Waals surface area (Å²) in [4.78, 5) is 24.9. The van der Waals surface area contributed by atoms with Crippen LogP contribution in [0, 0.1) is 0 Å². The van der Waals surface area contributed by atoms with Crippen molar-refractivity contribution < 1.29 is 27.9 Å². The summed E-state index contributed by atoms with van der Waals surface area (Å²) in [6.45, 7) is 0.654. The zero-order valence-electron chi connectivity index (χ0n) is 15.1. The number of halogens is 4. The molecule has 0 spiro atoms. The molecule has 0 unspecified atom stereocenters. The van der Waals surface area contributed by atoms with Crippen LogP contribution in [0.4, 0.5) is 13.2 Å². The molecule has 2 atom stereocenters. The largest absolute Gasteiger partial charge is 0.490 e. The van der Waals surface area contributed by atoms with Crippen molar-refractivity contribution in [2.75, 3.05) is 0 Å². The fraction of sp³-hybridized carbons (Fsp3) is 0.316. The number of benzene rings is 1. The molecule has 3 N–H and O–H groups in total. The molecule has 1 aromatic heterocycles. The highest BCUT2D eigenvalue weighted by Crippen LogP contribution is 2.24. The number of alkyl halides is 3. The number of carbonyl (C=O) groups is 2. The highest BCUT2D eigenvalue weighted by molar-refractivity contribution is 6.30. The van der Waals surface area contributed by atoms with E-state index in [2.05, 4.69) is 15.6 Å². The summed E-state index contributed by atoms with van der Waals surface area (Å²) in [5.41, 5.74) is 2.06. The van der Waals surface area contributed by atoms with Gasteiger partial charge in [-0.25, -0.2) is 4.79 Å². The van der Waals surface area contributed by atoms with Gasteiger partial charge in [-0.3, -0.25) is 9.78 Å². The SMILES string of the molecule is O=C(O)C(F)(F)F.O=C1CC[C@@H](NCc2ccc(Cl)cn2)[C@H](c2ccccc2)N1. The second kappa shape index (κ2) is 10.2. The highest BCUT2D eigenvalue weighted by Gasteiger charge is 2.38. The molecule has 1 aromatic carbocycles. The summed E-state index contributed by atoms with van der Waals surface area (Å²) >= 11 is 5.85. The summed E-state index contributed by atoms with van der Waals surface area (Å²) < 4.78 is 31.7. The number of hydrogen-bond acceptors (Lipinski definition) is 4. The molecule has 29 heavy (non-hydrogen) atoms. The number of rotatable bonds is 4. The Balaban J connectivity index is 0.000000370. The molecule has 2 aromatic rings. The van der Waals surface area contributed by atoms with Crippen molar-refractivity contribution in [1.29, 1.82) is 0 Å². The number of amides is 1.